The first-order valence-electron chi connectivity index (χ1n) is 3.90. The van der Waals surface area contributed by atoms with Crippen LogP contribution in [-0.4, -0.2) is 24.4 Å². The van der Waals surface area contributed by atoms with Gasteiger partial charge in [0.25, 0.3) is 0 Å². The van der Waals surface area contributed by atoms with Crippen molar-refractivity contribution in [2.45, 2.75) is 33.0 Å². The summed E-state index contributed by atoms with van der Waals surface area (Å²) >= 11 is 4.74. The molecule has 0 saturated heterocycles. The minimum absolute atomic E-state index is 0.509. The molecule has 0 heterocycles. The fraction of sp³-hybridized carbons (Fsp3) is 0.875. The van der Waals surface area contributed by atoms with Crippen LogP contribution in [0.4, 0.5) is 0 Å². The van der Waals surface area contributed by atoms with E-state index in [4.69, 9.17) is 21.7 Å². The van der Waals surface area contributed by atoms with Crippen LogP contribution in [0.1, 0.15) is 27.2 Å². The minimum atomic E-state index is -0.509. The zero-order valence-corrected chi connectivity index (χ0v) is 8.24. The topological polar surface area (TPSA) is 18.5 Å². The van der Waals surface area contributed by atoms with Gasteiger partial charge in [0.15, 0.2) is 5.79 Å². The van der Waals surface area contributed by atoms with Gasteiger partial charge < -0.3 is 9.47 Å². The fourth-order valence-electron chi connectivity index (χ4n) is 0.922. The average molecular weight is 176 g/mol. The first-order valence-corrected chi connectivity index (χ1v) is 4.37. The molecule has 0 radical (unpaired) electrons. The quantitative estimate of drug-likeness (QED) is 0.456. The molecular formula is C8H16O2S. The van der Waals surface area contributed by atoms with E-state index in [0.29, 0.717) is 19.6 Å². The Morgan fingerprint density at radius 3 is 2.00 bits per heavy atom. The highest BCUT2D eigenvalue weighted by Gasteiger charge is 2.22. The molecule has 66 valence electrons. The van der Waals surface area contributed by atoms with Crippen molar-refractivity contribution in [3.05, 3.63) is 0 Å². The van der Waals surface area contributed by atoms with E-state index in [0.717, 1.165) is 0 Å². The van der Waals surface area contributed by atoms with Crippen molar-refractivity contribution in [2.75, 3.05) is 13.2 Å². The molecule has 0 aliphatic carbocycles. The second-order valence-electron chi connectivity index (χ2n) is 2.37. The maximum absolute atomic E-state index is 5.39. The molecule has 0 rings (SSSR count). The van der Waals surface area contributed by atoms with Crippen molar-refractivity contribution in [2.24, 2.45) is 0 Å². The summed E-state index contributed by atoms with van der Waals surface area (Å²) in [5.74, 6) is -0.509. The van der Waals surface area contributed by atoms with Crippen LogP contribution in [-0.2, 0) is 9.47 Å². The van der Waals surface area contributed by atoms with Crippen LogP contribution in [0.25, 0.3) is 0 Å². The second kappa shape index (κ2) is 5.63. The number of hydrogen-bond acceptors (Lipinski definition) is 3. The third kappa shape index (κ3) is 4.45. The van der Waals surface area contributed by atoms with Gasteiger partial charge in [0.2, 0.25) is 0 Å². The van der Waals surface area contributed by atoms with Crippen LogP contribution in [0.3, 0.4) is 0 Å². The summed E-state index contributed by atoms with van der Waals surface area (Å²) in [5, 5.41) is 1.64. The Balaban J connectivity index is 3.88. The molecule has 0 N–H and O–H groups in total. The van der Waals surface area contributed by atoms with Gasteiger partial charge in [-0.25, -0.2) is 0 Å². The van der Waals surface area contributed by atoms with Gasteiger partial charge in [0.05, 0.1) is 0 Å². The molecule has 0 aromatic carbocycles. The zero-order valence-electron chi connectivity index (χ0n) is 7.42. The van der Waals surface area contributed by atoms with E-state index >= 15 is 0 Å². The summed E-state index contributed by atoms with van der Waals surface area (Å²) in [7, 11) is 0. The van der Waals surface area contributed by atoms with Crippen molar-refractivity contribution in [1.29, 1.82) is 0 Å². The third-order valence-corrected chi connectivity index (χ3v) is 1.52. The lowest BCUT2D eigenvalue weighted by Crippen LogP contribution is -2.32. The van der Waals surface area contributed by atoms with Crippen LogP contribution < -0.4 is 0 Å². The van der Waals surface area contributed by atoms with Gasteiger partial charge in [-0.05, 0) is 26.1 Å². The van der Waals surface area contributed by atoms with Crippen molar-refractivity contribution in [3.8, 4) is 0 Å². The van der Waals surface area contributed by atoms with Gasteiger partial charge in [-0.2, -0.15) is 0 Å². The largest absolute Gasteiger partial charge is 0.350 e. The maximum Gasteiger partial charge on any atom is 0.169 e. The lowest BCUT2D eigenvalue weighted by Gasteiger charge is -2.27. The van der Waals surface area contributed by atoms with Crippen LogP contribution in [0.5, 0.6) is 0 Å². The van der Waals surface area contributed by atoms with Gasteiger partial charge in [-0.1, -0.05) is 12.2 Å². The Hall–Kier alpha value is 0.01000. The standard InChI is InChI=1S/C8H16O2S/c1-4-9-8(3,6-7-11)10-5-2/h7H,4-6H2,1-3H3. The van der Waals surface area contributed by atoms with Crippen molar-refractivity contribution in [3.63, 3.8) is 0 Å². The van der Waals surface area contributed by atoms with Crippen molar-refractivity contribution >= 4 is 17.6 Å². The average Bonchev–Trinajstić information content (AvgIpc) is 1.88. The highest BCUT2D eigenvalue weighted by molar-refractivity contribution is 7.78. The van der Waals surface area contributed by atoms with Crippen molar-refractivity contribution < 1.29 is 9.47 Å². The number of rotatable bonds is 6. The normalized spacial score (nSPS) is 11.5. The van der Waals surface area contributed by atoms with E-state index in [1.807, 2.05) is 20.8 Å². The molecule has 0 aliphatic rings. The molecule has 0 amide bonds. The molecule has 2 nitrogen and oxygen atoms in total. The van der Waals surface area contributed by atoms with Gasteiger partial charge in [0, 0.05) is 19.6 Å². The van der Waals surface area contributed by atoms with E-state index < -0.39 is 5.79 Å². The van der Waals surface area contributed by atoms with Gasteiger partial charge >= 0.3 is 0 Å². The predicted molar refractivity (Wildman–Crippen MR) is 49.9 cm³/mol. The van der Waals surface area contributed by atoms with E-state index in [1.54, 1.807) is 5.37 Å². The molecule has 0 fully saturated rings. The molecule has 0 saturated carbocycles. The van der Waals surface area contributed by atoms with E-state index in [1.165, 1.54) is 0 Å². The number of ether oxygens (including phenoxy) is 2. The van der Waals surface area contributed by atoms with Gasteiger partial charge in [-0.3, -0.25) is 0 Å². The highest BCUT2D eigenvalue weighted by Crippen LogP contribution is 2.15. The number of hydrogen-bond donors (Lipinski definition) is 0. The predicted octanol–water partition coefficient (Wildman–Crippen LogP) is 2.17. The molecular weight excluding hydrogens is 160 g/mol. The van der Waals surface area contributed by atoms with Crippen LogP contribution in [0, 0.1) is 0 Å². The molecule has 0 aromatic rings. The minimum Gasteiger partial charge on any atom is -0.350 e. The van der Waals surface area contributed by atoms with Gasteiger partial charge in [0.1, 0.15) is 0 Å². The Morgan fingerprint density at radius 1 is 1.27 bits per heavy atom. The smallest absolute Gasteiger partial charge is 0.169 e. The summed E-state index contributed by atoms with van der Waals surface area (Å²) in [4.78, 5) is 0. The third-order valence-electron chi connectivity index (χ3n) is 1.35. The number of thiocarbonyl (C=S) groups is 1. The molecule has 0 aliphatic heterocycles. The van der Waals surface area contributed by atoms with Crippen LogP contribution in [0.2, 0.25) is 0 Å². The van der Waals surface area contributed by atoms with E-state index in [9.17, 15) is 0 Å². The SMILES string of the molecule is CCOC(C)(CC=S)OCC. The van der Waals surface area contributed by atoms with E-state index in [2.05, 4.69) is 0 Å². The molecule has 0 unspecified atom stereocenters. The van der Waals surface area contributed by atoms with Crippen molar-refractivity contribution in [1.82, 2.24) is 0 Å². The second-order valence-corrected chi connectivity index (χ2v) is 2.70. The summed E-state index contributed by atoms with van der Waals surface area (Å²) in [5.41, 5.74) is 0. The maximum atomic E-state index is 5.39. The lowest BCUT2D eigenvalue weighted by atomic mass is 10.2. The lowest BCUT2D eigenvalue weighted by molar-refractivity contribution is -0.214. The molecule has 0 spiro atoms. The Bertz CT molecular complexity index is 109. The first-order chi connectivity index (χ1) is 5.18. The fourth-order valence-corrected chi connectivity index (χ4v) is 1.22. The van der Waals surface area contributed by atoms with Crippen LogP contribution >= 0.6 is 12.2 Å². The molecule has 0 bridgehead atoms. The summed E-state index contributed by atoms with van der Waals surface area (Å²) in [6, 6.07) is 0. The summed E-state index contributed by atoms with van der Waals surface area (Å²) < 4.78 is 10.8. The van der Waals surface area contributed by atoms with Crippen LogP contribution in [0.15, 0.2) is 0 Å². The Morgan fingerprint density at radius 2 is 1.73 bits per heavy atom. The molecule has 0 aromatic heterocycles. The van der Waals surface area contributed by atoms with E-state index in [-0.39, 0.29) is 0 Å². The Kier molecular flexibility index (Phi) is 5.64. The highest BCUT2D eigenvalue weighted by atomic mass is 32.1. The molecule has 3 heteroatoms. The summed E-state index contributed by atoms with van der Waals surface area (Å²) in [6.45, 7) is 7.10. The zero-order chi connectivity index (χ0) is 8.74. The van der Waals surface area contributed by atoms with Gasteiger partial charge in [-0.15, -0.1) is 0 Å². The monoisotopic (exact) mass is 176 g/mol. The first kappa shape index (κ1) is 11.0. The molecule has 0 atom stereocenters. The summed E-state index contributed by atoms with van der Waals surface area (Å²) in [6.07, 6.45) is 0.657. The molecule has 11 heavy (non-hydrogen) atoms. The Labute approximate surface area is 73.9 Å².